The summed E-state index contributed by atoms with van der Waals surface area (Å²) in [5, 5.41) is 0. The second-order valence-corrected chi connectivity index (χ2v) is 7.29. The van der Waals surface area contributed by atoms with E-state index in [4.69, 9.17) is 4.74 Å². The first-order valence-corrected chi connectivity index (χ1v) is 7.62. The Hall–Kier alpha value is -1.25. The lowest BCUT2D eigenvalue weighted by atomic mass is 10.0. The average molecular weight is 330 g/mol. The number of carbonyl (C=O) groups is 1. The molecule has 5 nitrogen and oxygen atoms in total. The van der Waals surface area contributed by atoms with E-state index in [9.17, 15) is 26.4 Å². The number of ether oxygens (including phenoxy) is 1. The van der Waals surface area contributed by atoms with E-state index in [0.29, 0.717) is 0 Å². The van der Waals surface area contributed by atoms with Gasteiger partial charge in [-0.05, 0) is 39.2 Å². The van der Waals surface area contributed by atoms with Gasteiger partial charge >= 0.3 is 21.6 Å². The third kappa shape index (κ3) is 5.56. The lowest BCUT2D eigenvalue weighted by Crippen LogP contribution is -2.26. The van der Waals surface area contributed by atoms with E-state index in [0.717, 1.165) is 0 Å². The number of allylic oxidation sites excluding steroid dienone is 2. The summed E-state index contributed by atoms with van der Waals surface area (Å²) in [5.41, 5.74) is -6.11. The highest BCUT2D eigenvalue weighted by Crippen LogP contribution is 2.34. The molecule has 1 aliphatic rings. The molecule has 21 heavy (non-hydrogen) atoms. The number of halogens is 3. The first-order chi connectivity index (χ1) is 9.30. The highest BCUT2D eigenvalue weighted by atomic mass is 32.2. The Kier molecular flexibility index (Phi) is 4.97. The fraction of sp³-hybridized carbons (Fsp3) is 0.750. The van der Waals surface area contributed by atoms with Crippen LogP contribution in [0.25, 0.3) is 0 Å². The second kappa shape index (κ2) is 5.86. The molecule has 0 aromatic carbocycles. The molecule has 0 heterocycles. The Morgan fingerprint density at radius 1 is 1.33 bits per heavy atom. The first-order valence-electron chi connectivity index (χ1n) is 6.22. The summed E-state index contributed by atoms with van der Waals surface area (Å²) >= 11 is 0. The number of hydrogen-bond acceptors (Lipinski definition) is 5. The normalized spacial score (nSPS) is 20.1. The van der Waals surface area contributed by atoms with Gasteiger partial charge in [-0.15, -0.1) is 0 Å². The van der Waals surface area contributed by atoms with Crippen LogP contribution >= 0.6 is 0 Å². The van der Waals surface area contributed by atoms with Crippen molar-refractivity contribution in [2.24, 2.45) is 5.92 Å². The minimum atomic E-state index is -5.65. The molecule has 0 aromatic heterocycles. The lowest BCUT2D eigenvalue weighted by molar-refractivity contribution is -0.155. The highest BCUT2D eigenvalue weighted by Gasteiger charge is 2.49. The molecule has 0 saturated heterocycles. The predicted molar refractivity (Wildman–Crippen MR) is 67.3 cm³/mol. The van der Waals surface area contributed by atoms with Crippen LogP contribution in [0.1, 0.15) is 40.0 Å². The first kappa shape index (κ1) is 17.8. The number of carbonyl (C=O) groups excluding carboxylic acids is 1. The minimum Gasteiger partial charge on any atom is -0.460 e. The average Bonchev–Trinajstić information content (AvgIpc) is 2.59. The molecular formula is C12H17F3O5S. The van der Waals surface area contributed by atoms with Crippen LogP contribution in [0, 0.1) is 5.92 Å². The fourth-order valence-corrected chi connectivity index (χ4v) is 2.29. The van der Waals surface area contributed by atoms with Crippen molar-refractivity contribution in [2.45, 2.75) is 51.1 Å². The molecule has 9 heteroatoms. The standard InChI is InChI=1S/C12H17F3O5S/c1-11(2,3)19-10(16)7-8-4-5-9(6-8)20-21(17,18)12(13,14)15/h5,8H,4,6-7H2,1-3H3. The molecule has 0 fully saturated rings. The molecule has 122 valence electrons. The van der Waals surface area contributed by atoms with E-state index in [-0.39, 0.29) is 30.9 Å². The van der Waals surface area contributed by atoms with Crippen molar-refractivity contribution < 1.29 is 35.3 Å². The maximum atomic E-state index is 12.2. The zero-order chi connectivity index (χ0) is 16.5. The van der Waals surface area contributed by atoms with Gasteiger partial charge in [-0.1, -0.05) is 0 Å². The summed E-state index contributed by atoms with van der Waals surface area (Å²) in [5.74, 6) is -1.10. The molecule has 1 unspecified atom stereocenters. The topological polar surface area (TPSA) is 69.7 Å². The Balaban J connectivity index is 2.52. The smallest absolute Gasteiger partial charge is 0.460 e. The Morgan fingerprint density at radius 3 is 2.38 bits per heavy atom. The van der Waals surface area contributed by atoms with E-state index in [1.54, 1.807) is 20.8 Å². The summed E-state index contributed by atoms with van der Waals surface area (Å²) in [4.78, 5) is 11.6. The van der Waals surface area contributed by atoms with Crippen LogP contribution in [-0.4, -0.2) is 25.5 Å². The summed E-state index contributed by atoms with van der Waals surface area (Å²) in [6, 6.07) is 0. The van der Waals surface area contributed by atoms with E-state index in [2.05, 4.69) is 4.18 Å². The highest BCUT2D eigenvalue weighted by molar-refractivity contribution is 7.87. The van der Waals surface area contributed by atoms with Gasteiger partial charge in [-0.25, -0.2) is 0 Å². The van der Waals surface area contributed by atoms with Crippen molar-refractivity contribution in [3.8, 4) is 0 Å². The Bertz CT molecular complexity index is 528. The quantitative estimate of drug-likeness (QED) is 0.450. The summed E-state index contributed by atoms with van der Waals surface area (Å²) in [6.45, 7) is 5.09. The molecule has 0 aromatic rings. The van der Waals surface area contributed by atoms with Crippen LogP contribution < -0.4 is 0 Å². The molecular weight excluding hydrogens is 313 g/mol. The fourth-order valence-electron chi connectivity index (χ4n) is 1.78. The van der Waals surface area contributed by atoms with Gasteiger partial charge < -0.3 is 8.92 Å². The second-order valence-electron chi connectivity index (χ2n) is 5.75. The van der Waals surface area contributed by atoms with Crippen LogP contribution in [0.15, 0.2) is 11.8 Å². The monoisotopic (exact) mass is 330 g/mol. The molecule has 0 amide bonds. The van der Waals surface area contributed by atoms with Crippen LogP contribution in [0.5, 0.6) is 0 Å². The number of esters is 1. The lowest BCUT2D eigenvalue weighted by Gasteiger charge is -2.20. The molecule has 0 saturated carbocycles. The van der Waals surface area contributed by atoms with Gasteiger partial charge in [0.1, 0.15) is 11.4 Å². The van der Waals surface area contributed by atoms with Crippen molar-refractivity contribution >= 4 is 16.1 Å². The zero-order valence-corrected chi connectivity index (χ0v) is 12.7. The van der Waals surface area contributed by atoms with Crippen LogP contribution in [0.3, 0.4) is 0 Å². The van der Waals surface area contributed by atoms with Crippen molar-refractivity contribution in [1.82, 2.24) is 0 Å². The van der Waals surface area contributed by atoms with Crippen molar-refractivity contribution in [1.29, 1.82) is 0 Å². The summed E-state index contributed by atoms with van der Waals surface area (Å²) in [7, 11) is -5.65. The third-order valence-corrected chi connectivity index (χ3v) is 3.54. The SMILES string of the molecule is CC(C)(C)OC(=O)CC1CC=C(OS(=O)(=O)C(F)(F)F)C1. The molecule has 0 spiro atoms. The molecule has 0 aliphatic heterocycles. The maximum absolute atomic E-state index is 12.2. The van der Waals surface area contributed by atoms with Crippen molar-refractivity contribution in [3.05, 3.63) is 11.8 Å². The van der Waals surface area contributed by atoms with Gasteiger partial charge in [0, 0.05) is 12.8 Å². The molecule has 0 bridgehead atoms. The van der Waals surface area contributed by atoms with E-state index < -0.39 is 27.2 Å². The molecule has 0 radical (unpaired) electrons. The van der Waals surface area contributed by atoms with Crippen molar-refractivity contribution in [2.75, 3.05) is 0 Å². The van der Waals surface area contributed by atoms with Gasteiger partial charge in [0.05, 0.1) is 0 Å². The molecule has 0 N–H and O–H groups in total. The van der Waals surface area contributed by atoms with Gasteiger partial charge in [0.15, 0.2) is 0 Å². The van der Waals surface area contributed by atoms with Crippen LogP contribution in [0.2, 0.25) is 0 Å². The summed E-state index contributed by atoms with van der Waals surface area (Å²) in [6.07, 6.45) is 1.46. The van der Waals surface area contributed by atoms with E-state index in [1.165, 1.54) is 6.08 Å². The number of rotatable bonds is 4. The Labute approximate surface area is 121 Å². The minimum absolute atomic E-state index is 0.00725. The zero-order valence-electron chi connectivity index (χ0n) is 11.9. The maximum Gasteiger partial charge on any atom is 0.534 e. The number of alkyl halides is 3. The Morgan fingerprint density at radius 2 is 1.90 bits per heavy atom. The van der Waals surface area contributed by atoms with Gasteiger partial charge in [0.2, 0.25) is 0 Å². The number of hydrogen-bond donors (Lipinski definition) is 0. The van der Waals surface area contributed by atoms with Crippen LogP contribution in [0.4, 0.5) is 13.2 Å². The van der Waals surface area contributed by atoms with Gasteiger partial charge in [-0.3, -0.25) is 4.79 Å². The van der Waals surface area contributed by atoms with Gasteiger partial charge in [-0.2, -0.15) is 21.6 Å². The van der Waals surface area contributed by atoms with E-state index in [1.807, 2.05) is 0 Å². The van der Waals surface area contributed by atoms with Crippen LogP contribution in [-0.2, 0) is 23.8 Å². The van der Waals surface area contributed by atoms with Gasteiger partial charge in [0.25, 0.3) is 0 Å². The van der Waals surface area contributed by atoms with Crippen molar-refractivity contribution in [3.63, 3.8) is 0 Å². The third-order valence-electron chi connectivity index (χ3n) is 2.54. The van der Waals surface area contributed by atoms with E-state index >= 15 is 0 Å². The molecule has 1 aliphatic carbocycles. The molecule has 1 atom stereocenters. The summed E-state index contributed by atoms with van der Waals surface area (Å²) < 4.78 is 67.3. The molecule has 1 rings (SSSR count). The largest absolute Gasteiger partial charge is 0.534 e. The predicted octanol–water partition coefficient (Wildman–Crippen LogP) is 2.88.